The first-order chi connectivity index (χ1) is 16.4. The van der Waals surface area contributed by atoms with Crippen molar-refractivity contribution >= 4 is 27.3 Å². The molecule has 0 fully saturated rings. The van der Waals surface area contributed by atoms with Gasteiger partial charge in [-0.3, -0.25) is 14.6 Å². The molecular weight excluding hydrogens is 469 g/mol. The topological polar surface area (TPSA) is 105 Å². The number of benzene rings is 2. The average Bonchev–Trinajstić information content (AvgIpc) is 2.78. The Balaban J connectivity index is 1.77. The van der Waals surface area contributed by atoms with Gasteiger partial charge in [-0.1, -0.05) is 20.8 Å². The molecule has 0 bridgehead atoms. The van der Waals surface area contributed by atoms with Crippen LogP contribution in [0.1, 0.15) is 36.7 Å². The van der Waals surface area contributed by atoms with Crippen LogP contribution in [-0.4, -0.2) is 37.0 Å². The highest BCUT2D eigenvalue weighted by molar-refractivity contribution is 7.91. The molecule has 7 nitrogen and oxygen atoms in total. The predicted octanol–water partition coefficient (Wildman–Crippen LogP) is 4.02. The summed E-state index contributed by atoms with van der Waals surface area (Å²) in [6.45, 7) is 5.55. The third kappa shape index (κ3) is 7.71. The maximum Gasteiger partial charge on any atom is 0.251 e. The molecule has 1 aromatic heterocycles. The largest absolute Gasteiger partial charge is 0.340 e. The van der Waals surface area contributed by atoms with E-state index in [0.29, 0.717) is 5.69 Å². The van der Waals surface area contributed by atoms with Gasteiger partial charge in [0.1, 0.15) is 11.9 Å². The molecule has 2 N–H and O–H groups in total. The highest BCUT2D eigenvalue weighted by Gasteiger charge is 2.25. The van der Waals surface area contributed by atoms with Crippen LogP contribution >= 0.6 is 0 Å². The van der Waals surface area contributed by atoms with Crippen molar-refractivity contribution in [3.63, 3.8) is 0 Å². The predicted molar refractivity (Wildman–Crippen MR) is 132 cm³/mol. The van der Waals surface area contributed by atoms with E-state index in [-0.39, 0.29) is 22.6 Å². The third-order valence-electron chi connectivity index (χ3n) is 5.02. The molecule has 0 radical (unpaired) electrons. The molecular formula is C26H28FN3O4S. The number of hydrogen-bond acceptors (Lipinski definition) is 5. The van der Waals surface area contributed by atoms with Crippen molar-refractivity contribution in [1.29, 1.82) is 0 Å². The number of carbonyl (C=O) groups is 2. The summed E-state index contributed by atoms with van der Waals surface area (Å²) >= 11 is 0. The summed E-state index contributed by atoms with van der Waals surface area (Å²) in [5.41, 5.74) is 0.991. The summed E-state index contributed by atoms with van der Waals surface area (Å²) in [7, 11) is -3.47. The van der Waals surface area contributed by atoms with Gasteiger partial charge in [0.05, 0.1) is 10.6 Å². The number of nitrogens with one attached hydrogen (secondary N) is 2. The fraction of sp³-hybridized carbons (Fsp3) is 0.269. The van der Waals surface area contributed by atoms with Gasteiger partial charge in [-0.2, -0.15) is 0 Å². The molecule has 0 aliphatic carbocycles. The molecule has 3 aromatic rings. The minimum atomic E-state index is -3.47. The number of hydrogen-bond donors (Lipinski definition) is 2. The summed E-state index contributed by atoms with van der Waals surface area (Å²) in [5.74, 6) is -1.49. The fourth-order valence-corrected chi connectivity index (χ4v) is 5.29. The number of halogens is 1. The molecule has 0 saturated carbocycles. The molecule has 35 heavy (non-hydrogen) atoms. The normalized spacial score (nSPS) is 12.6. The van der Waals surface area contributed by atoms with E-state index >= 15 is 0 Å². The van der Waals surface area contributed by atoms with E-state index in [2.05, 4.69) is 15.6 Å². The Morgan fingerprint density at radius 2 is 1.54 bits per heavy atom. The van der Waals surface area contributed by atoms with E-state index in [0.717, 1.165) is 5.56 Å². The van der Waals surface area contributed by atoms with Crippen LogP contribution < -0.4 is 10.6 Å². The van der Waals surface area contributed by atoms with Crippen molar-refractivity contribution in [2.75, 3.05) is 11.1 Å². The van der Waals surface area contributed by atoms with Crippen LogP contribution in [0.5, 0.6) is 0 Å². The van der Waals surface area contributed by atoms with Crippen LogP contribution in [0.25, 0.3) is 0 Å². The quantitative estimate of drug-likeness (QED) is 0.489. The number of anilines is 1. The third-order valence-corrected chi connectivity index (χ3v) is 7.26. The molecule has 184 valence electrons. The van der Waals surface area contributed by atoms with Crippen molar-refractivity contribution < 1.29 is 22.4 Å². The molecule has 0 aliphatic heterocycles. The van der Waals surface area contributed by atoms with Crippen LogP contribution in [0.15, 0.2) is 78.0 Å². The smallest absolute Gasteiger partial charge is 0.251 e. The van der Waals surface area contributed by atoms with E-state index in [4.69, 9.17) is 0 Å². The molecule has 0 aliphatic rings. The Morgan fingerprint density at radius 3 is 2.11 bits per heavy atom. The van der Waals surface area contributed by atoms with Gasteiger partial charge in [-0.15, -0.1) is 0 Å². The maximum absolute atomic E-state index is 13.2. The van der Waals surface area contributed by atoms with Crippen molar-refractivity contribution in [3.8, 4) is 0 Å². The zero-order valence-corrected chi connectivity index (χ0v) is 20.6. The SMILES string of the molecule is CC(C)(C)CS(=O)(=O)c1ccc(NC(=O)[C@H](Cc2ccncc2)NC(=O)c2ccc(F)cc2)cc1. The van der Waals surface area contributed by atoms with Gasteiger partial charge in [0.2, 0.25) is 5.91 Å². The van der Waals surface area contributed by atoms with E-state index in [9.17, 15) is 22.4 Å². The zero-order valence-electron chi connectivity index (χ0n) is 19.8. The van der Waals surface area contributed by atoms with Crippen LogP contribution in [0.3, 0.4) is 0 Å². The van der Waals surface area contributed by atoms with Gasteiger partial charge in [-0.25, -0.2) is 12.8 Å². The molecule has 0 unspecified atom stereocenters. The molecule has 3 rings (SSSR count). The first kappa shape index (κ1) is 26.0. The lowest BCUT2D eigenvalue weighted by Gasteiger charge is -2.19. The van der Waals surface area contributed by atoms with E-state index in [1.54, 1.807) is 24.5 Å². The Morgan fingerprint density at radius 1 is 0.943 bits per heavy atom. The number of pyridine rings is 1. The second kappa shape index (κ2) is 10.8. The number of carbonyl (C=O) groups excluding carboxylic acids is 2. The molecule has 2 aromatic carbocycles. The van der Waals surface area contributed by atoms with Crippen molar-refractivity contribution in [3.05, 3.63) is 90.0 Å². The summed E-state index contributed by atoms with van der Waals surface area (Å²) < 4.78 is 38.4. The summed E-state index contributed by atoms with van der Waals surface area (Å²) in [5, 5.41) is 5.42. The van der Waals surface area contributed by atoms with Gasteiger partial charge in [0.25, 0.3) is 5.91 Å². The van der Waals surface area contributed by atoms with Gasteiger partial charge in [-0.05, 0) is 71.6 Å². The van der Waals surface area contributed by atoms with Crippen LogP contribution in [0.2, 0.25) is 0 Å². The van der Waals surface area contributed by atoms with E-state index in [1.807, 2.05) is 20.8 Å². The Hall–Kier alpha value is -3.59. The molecule has 0 spiro atoms. The van der Waals surface area contributed by atoms with Gasteiger partial charge in [0.15, 0.2) is 9.84 Å². The Kier molecular flexibility index (Phi) is 8.01. The van der Waals surface area contributed by atoms with Crippen molar-refractivity contribution in [2.45, 2.75) is 38.1 Å². The number of aromatic nitrogens is 1. The lowest BCUT2D eigenvalue weighted by atomic mass is 10.0. The first-order valence-corrected chi connectivity index (χ1v) is 12.7. The Labute approximate surface area is 204 Å². The van der Waals surface area contributed by atoms with Gasteiger partial charge < -0.3 is 10.6 Å². The number of rotatable bonds is 8. The zero-order chi connectivity index (χ0) is 25.6. The molecule has 0 saturated heterocycles. The monoisotopic (exact) mass is 497 g/mol. The molecule has 2 amide bonds. The number of nitrogens with zero attached hydrogens (tertiary/aromatic N) is 1. The molecule has 9 heteroatoms. The van der Waals surface area contributed by atoms with Gasteiger partial charge in [0, 0.05) is 30.1 Å². The van der Waals surface area contributed by atoms with Crippen LogP contribution in [0.4, 0.5) is 10.1 Å². The summed E-state index contributed by atoms with van der Waals surface area (Å²) in [6, 6.07) is 13.5. The lowest BCUT2D eigenvalue weighted by Crippen LogP contribution is -2.45. The average molecular weight is 498 g/mol. The van der Waals surface area contributed by atoms with Gasteiger partial charge >= 0.3 is 0 Å². The van der Waals surface area contributed by atoms with E-state index in [1.165, 1.54) is 48.5 Å². The minimum absolute atomic E-state index is 0.00483. The summed E-state index contributed by atoms with van der Waals surface area (Å²) in [6.07, 6.45) is 3.37. The Bertz CT molecular complexity index is 1270. The van der Waals surface area contributed by atoms with E-state index < -0.39 is 38.9 Å². The molecule has 1 heterocycles. The first-order valence-electron chi connectivity index (χ1n) is 11.0. The summed E-state index contributed by atoms with van der Waals surface area (Å²) in [4.78, 5) is 29.9. The number of sulfone groups is 1. The standard InChI is InChI=1S/C26H28FN3O4S/c1-26(2,3)17-35(33,34)22-10-8-21(9-11-22)29-25(32)23(16-18-12-14-28-15-13-18)30-24(31)19-4-6-20(27)7-5-19/h4-15,23H,16-17H2,1-3H3,(H,29,32)(H,30,31)/t23-/m0/s1. The highest BCUT2D eigenvalue weighted by Crippen LogP contribution is 2.23. The molecule has 1 atom stereocenters. The lowest BCUT2D eigenvalue weighted by molar-refractivity contribution is -0.118. The van der Waals surface area contributed by atoms with Crippen molar-refractivity contribution in [2.24, 2.45) is 5.41 Å². The number of amides is 2. The second-order valence-corrected chi connectivity index (χ2v) is 11.4. The van der Waals surface area contributed by atoms with Crippen molar-refractivity contribution in [1.82, 2.24) is 10.3 Å². The second-order valence-electron chi connectivity index (χ2n) is 9.43. The fourth-order valence-electron chi connectivity index (χ4n) is 3.44. The minimum Gasteiger partial charge on any atom is -0.340 e. The van der Waals surface area contributed by atoms with Crippen LogP contribution in [0, 0.1) is 11.2 Å². The maximum atomic E-state index is 13.2. The van der Waals surface area contributed by atoms with Crippen LogP contribution in [-0.2, 0) is 21.1 Å². The highest BCUT2D eigenvalue weighted by atomic mass is 32.2.